The van der Waals surface area contributed by atoms with Crippen LogP contribution < -0.4 is 5.32 Å². The quantitative estimate of drug-likeness (QED) is 0.732. The van der Waals surface area contributed by atoms with E-state index in [9.17, 15) is 9.59 Å². The number of hydrogen-bond donors (Lipinski definition) is 1. The third-order valence-electron chi connectivity index (χ3n) is 6.29. The van der Waals surface area contributed by atoms with E-state index >= 15 is 0 Å². The first kappa shape index (κ1) is 17.8. The summed E-state index contributed by atoms with van der Waals surface area (Å²) in [4.78, 5) is 30.9. The van der Waals surface area contributed by atoms with Crippen LogP contribution in [0.5, 0.6) is 0 Å². The molecule has 0 radical (unpaired) electrons. The zero-order valence-electron chi connectivity index (χ0n) is 15.9. The smallest absolute Gasteiger partial charge is 0.287 e. The van der Waals surface area contributed by atoms with Crippen LogP contribution in [0.1, 0.15) is 40.2 Å². The Morgan fingerprint density at radius 1 is 1.17 bits per heavy atom. The van der Waals surface area contributed by atoms with Gasteiger partial charge in [-0.1, -0.05) is 0 Å². The Hall–Kier alpha value is -3.29. The van der Waals surface area contributed by atoms with Gasteiger partial charge in [0.1, 0.15) is 0 Å². The third-order valence-corrected chi connectivity index (χ3v) is 6.29. The molecule has 1 N–H and O–H groups in total. The van der Waals surface area contributed by atoms with E-state index in [1.54, 1.807) is 24.5 Å². The Kier molecular flexibility index (Phi) is 4.26. The first-order valence-corrected chi connectivity index (χ1v) is 9.82. The summed E-state index contributed by atoms with van der Waals surface area (Å²) in [6, 6.07) is 5.26. The molecule has 1 atom stereocenters. The summed E-state index contributed by atoms with van der Waals surface area (Å²) in [5.41, 5.74) is 1.44. The number of nitrogens with zero attached hydrogens (tertiary/aromatic N) is 4. The van der Waals surface area contributed by atoms with E-state index in [4.69, 9.17) is 4.42 Å². The number of amides is 2. The Morgan fingerprint density at radius 3 is 2.79 bits per heavy atom. The minimum absolute atomic E-state index is 0.0135. The van der Waals surface area contributed by atoms with Crippen molar-refractivity contribution in [3.8, 4) is 0 Å². The van der Waals surface area contributed by atoms with Gasteiger partial charge in [-0.05, 0) is 48.8 Å². The highest BCUT2D eigenvalue weighted by Crippen LogP contribution is 2.59. The predicted octanol–water partition coefficient (Wildman–Crippen LogP) is 2.29. The van der Waals surface area contributed by atoms with Crippen molar-refractivity contribution in [2.24, 2.45) is 11.3 Å². The molecule has 29 heavy (non-hydrogen) atoms. The summed E-state index contributed by atoms with van der Waals surface area (Å²) in [5.74, 6) is 0.590. The zero-order valence-corrected chi connectivity index (χ0v) is 15.9. The van der Waals surface area contributed by atoms with E-state index in [0.29, 0.717) is 29.4 Å². The molecule has 3 aromatic rings. The molecule has 0 bridgehead atoms. The van der Waals surface area contributed by atoms with E-state index in [-0.39, 0.29) is 17.2 Å². The number of furan rings is 1. The molecule has 0 aromatic carbocycles. The highest BCUT2D eigenvalue weighted by Gasteiger charge is 2.54. The molecule has 2 fully saturated rings. The molecule has 4 heterocycles. The van der Waals surface area contributed by atoms with Crippen LogP contribution in [-0.2, 0) is 0 Å². The molecule has 3 aromatic heterocycles. The maximum Gasteiger partial charge on any atom is 0.287 e. The molecule has 2 amide bonds. The lowest BCUT2D eigenvalue weighted by molar-refractivity contribution is 0.0668. The fourth-order valence-electron chi connectivity index (χ4n) is 4.39. The van der Waals surface area contributed by atoms with Crippen LogP contribution in [0.25, 0.3) is 11.0 Å². The van der Waals surface area contributed by atoms with Crippen LogP contribution in [0.3, 0.4) is 0 Å². The molecule has 5 rings (SSSR count). The van der Waals surface area contributed by atoms with Crippen LogP contribution in [0.4, 0.5) is 0 Å². The fourth-order valence-corrected chi connectivity index (χ4v) is 4.39. The van der Waals surface area contributed by atoms with Crippen molar-refractivity contribution in [2.45, 2.75) is 19.3 Å². The summed E-state index contributed by atoms with van der Waals surface area (Å²) in [5, 5.41) is 11.4. The number of aromatic nitrogens is 3. The Labute approximate surface area is 167 Å². The first-order chi connectivity index (χ1) is 14.1. The normalized spacial score (nSPS) is 20.0. The first-order valence-electron chi connectivity index (χ1n) is 9.82. The van der Waals surface area contributed by atoms with Crippen molar-refractivity contribution in [3.63, 3.8) is 0 Å². The van der Waals surface area contributed by atoms with Crippen molar-refractivity contribution in [1.82, 2.24) is 25.4 Å². The van der Waals surface area contributed by atoms with Gasteiger partial charge in [0.25, 0.3) is 11.8 Å². The Bertz CT molecular complexity index is 1020. The van der Waals surface area contributed by atoms with Gasteiger partial charge < -0.3 is 14.6 Å². The largest absolute Gasteiger partial charge is 0.449 e. The number of nitrogens with one attached hydrogen (secondary N) is 1. The van der Waals surface area contributed by atoms with E-state index in [1.165, 1.54) is 12.4 Å². The molecule has 1 saturated carbocycles. The topological polar surface area (TPSA) is 101 Å². The lowest BCUT2D eigenvalue weighted by atomic mass is 9.90. The summed E-state index contributed by atoms with van der Waals surface area (Å²) in [6.45, 7) is 2.11. The number of piperidine rings is 1. The lowest BCUT2D eigenvalue weighted by Crippen LogP contribution is -2.40. The number of likely N-dealkylation sites (tertiary alicyclic amines) is 1. The molecular weight excluding hydrogens is 370 g/mol. The van der Waals surface area contributed by atoms with Crippen LogP contribution in [0, 0.1) is 11.3 Å². The second kappa shape index (κ2) is 6.95. The average Bonchev–Trinajstić information content (AvgIpc) is 3.24. The second-order valence-corrected chi connectivity index (χ2v) is 7.92. The highest BCUT2D eigenvalue weighted by molar-refractivity contribution is 5.96. The number of pyridine rings is 1. The highest BCUT2D eigenvalue weighted by atomic mass is 16.3. The van der Waals surface area contributed by atoms with Gasteiger partial charge in [0.05, 0.1) is 24.2 Å². The Morgan fingerprint density at radius 2 is 2.03 bits per heavy atom. The fraction of sp³-hybridized carbons (Fsp3) is 0.381. The van der Waals surface area contributed by atoms with Crippen LogP contribution in [-0.4, -0.2) is 51.5 Å². The summed E-state index contributed by atoms with van der Waals surface area (Å²) >= 11 is 0. The molecule has 1 aliphatic carbocycles. The summed E-state index contributed by atoms with van der Waals surface area (Å²) in [7, 11) is 0. The molecule has 148 valence electrons. The molecule has 1 spiro atoms. The SMILES string of the molecule is O=C(NCC1CC12CCN(C(=O)c1ccnnc1)CC2)c1cc2ccncc2o1. The molecule has 8 nitrogen and oxygen atoms in total. The van der Waals surface area contributed by atoms with Crippen LogP contribution >= 0.6 is 0 Å². The summed E-state index contributed by atoms with van der Waals surface area (Å²) in [6.07, 6.45) is 9.36. The van der Waals surface area contributed by atoms with Crippen molar-refractivity contribution in [2.75, 3.05) is 19.6 Å². The number of carbonyl (C=O) groups excluding carboxylic acids is 2. The second-order valence-electron chi connectivity index (χ2n) is 7.92. The van der Waals surface area contributed by atoms with Gasteiger partial charge in [-0.2, -0.15) is 10.2 Å². The van der Waals surface area contributed by atoms with Gasteiger partial charge in [-0.3, -0.25) is 14.6 Å². The molecular formula is C21H21N5O3. The van der Waals surface area contributed by atoms with E-state index in [2.05, 4.69) is 20.5 Å². The van der Waals surface area contributed by atoms with Gasteiger partial charge in [-0.15, -0.1) is 0 Å². The van der Waals surface area contributed by atoms with E-state index in [0.717, 1.165) is 37.7 Å². The summed E-state index contributed by atoms with van der Waals surface area (Å²) < 4.78 is 5.57. The van der Waals surface area contributed by atoms with Gasteiger partial charge in [0.15, 0.2) is 11.3 Å². The van der Waals surface area contributed by atoms with Gasteiger partial charge in [-0.25, -0.2) is 0 Å². The van der Waals surface area contributed by atoms with Crippen molar-refractivity contribution in [3.05, 3.63) is 54.3 Å². The molecule has 1 aliphatic heterocycles. The van der Waals surface area contributed by atoms with E-state index < -0.39 is 0 Å². The number of hydrogen-bond acceptors (Lipinski definition) is 6. The third kappa shape index (κ3) is 3.35. The van der Waals surface area contributed by atoms with Crippen LogP contribution in [0.2, 0.25) is 0 Å². The van der Waals surface area contributed by atoms with Crippen molar-refractivity contribution < 1.29 is 14.0 Å². The van der Waals surface area contributed by atoms with Gasteiger partial charge in [0.2, 0.25) is 0 Å². The zero-order chi connectivity index (χ0) is 19.8. The number of fused-ring (bicyclic) bond motifs is 1. The maximum absolute atomic E-state index is 12.5. The number of rotatable bonds is 4. The molecule has 8 heteroatoms. The Balaban J connectivity index is 1.14. The monoisotopic (exact) mass is 391 g/mol. The van der Waals surface area contributed by atoms with E-state index in [1.807, 2.05) is 11.0 Å². The lowest BCUT2D eigenvalue weighted by Gasteiger charge is -2.33. The molecule has 1 saturated heterocycles. The van der Waals surface area contributed by atoms with Gasteiger partial charge >= 0.3 is 0 Å². The predicted molar refractivity (Wildman–Crippen MR) is 104 cm³/mol. The average molecular weight is 391 g/mol. The standard InChI is InChI=1S/C21H21N5O3/c27-19(17-9-14-1-5-22-13-18(14)29-17)23-12-16-10-21(16)3-7-26(8-4-21)20(28)15-2-6-24-25-11-15/h1-2,5-6,9,11,13,16H,3-4,7-8,10,12H2,(H,23,27). The van der Waals surface area contributed by atoms with Crippen LogP contribution in [0.15, 0.2) is 47.4 Å². The molecule has 2 aliphatic rings. The van der Waals surface area contributed by atoms with Crippen molar-refractivity contribution >= 4 is 22.8 Å². The minimum Gasteiger partial charge on any atom is -0.449 e. The maximum atomic E-state index is 12.5. The molecule has 1 unspecified atom stereocenters. The van der Waals surface area contributed by atoms with Crippen molar-refractivity contribution in [1.29, 1.82) is 0 Å². The van der Waals surface area contributed by atoms with Gasteiger partial charge in [0, 0.05) is 31.2 Å². The number of carbonyl (C=O) groups is 2. The minimum atomic E-state index is -0.193.